The van der Waals surface area contributed by atoms with Crippen LogP contribution < -0.4 is 0 Å². The molecule has 0 aliphatic carbocycles. The van der Waals surface area contributed by atoms with Crippen LogP contribution in [0.3, 0.4) is 0 Å². The van der Waals surface area contributed by atoms with Gasteiger partial charge in [0, 0.05) is 11.0 Å². The van der Waals surface area contributed by atoms with Crippen molar-refractivity contribution in [3.8, 4) is 10.6 Å². The van der Waals surface area contributed by atoms with Crippen LogP contribution >= 0.6 is 22.7 Å². The zero-order chi connectivity index (χ0) is 19.2. The van der Waals surface area contributed by atoms with E-state index in [1.54, 1.807) is 11.3 Å². The van der Waals surface area contributed by atoms with Gasteiger partial charge in [0.1, 0.15) is 5.01 Å². The van der Waals surface area contributed by atoms with Gasteiger partial charge in [-0.1, -0.05) is 58.9 Å². The number of aromatic nitrogens is 2. The van der Waals surface area contributed by atoms with Gasteiger partial charge in [-0.25, -0.2) is 9.97 Å². The molecule has 140 valence electrons. The summed E-state index contributed by atoms with van der Waals surface area (Å²) in [4.78, 5) is 9.81. The fourth-order valence-corrected chi connectivity index (χ4v) is 5.33. The summed E-state index contributed by atoms with van der Waals surface area (Å²) in [5.74, 6) is 0.605. The predicted molar refractivity (Wildman–Crippen MR) is 120 cm³/mol. The lowest BCUT2D eigenvalue weighted by Crippen LogP contribution is -2.14. The maximum absolute atomic E-state index is 4.91. The van der Waals surface area contributed by atoms with Gasteiger partial charge in [-0.2, -0.15) is 0 Å². The van der Waals surface area contributed by atoms with Crippen molar-refractivity contribution in [2.75, 3.05) is 0 Å². The summed E-state index contributed by atoms with van der Waals surface area (Å²) in [5.41, 5.74) is 4.87. The number of hydrogen-bond acceptors (Lipinski definition) is 4. The second kappa shape index (κ2) is 6.99. The maximum atomic E-state index is 4.91. The third-order valence-corrected chi connectivity index (χ3v) is 8.15. The summed E-state index contributed by atoms with van der Waals surface area (Å²) < 4.78 is 2.51. The lowest BCUT2D eigenvalue weighted by molar-refractivity contribution is 0.504. The third-order valence-electron chi connectivity index (χ3n) is 5.70. The molecule has 0 bridgehead atoms. The molecule has 2 nitrogen and oxygen atoms in total. The number of benzene rings is 2. The summed E-state index contributed by atoms with van der Waals surface area (Å²) >= 11 is 3.60. The van der Waals surface area contributed by atoms with Crippen molar-refractivity contribution >= 4 is 43.1 Å². The normalized spacial score (nSPS) is 13.5. The fourth-order valence-electron chi connectivity index (χ4n) is 3.10. The topological polar surface area (TPSA) is 25.8 Å². The largest absolute Gasteiger partial charge is 0.241 e. The van der Waals surface area contributed by atoms with Crippen LogP contribution in [-0.4, -0.2) is 9.97 Å². The molecule has 0 aliphatic rings. The predicted octanol–water partition coefficient (Wildman–Crippen LogP) is 7.77. The van der Waals surface area contributed by atoms with Gasteiger partial charge in [0.15, 0.2) is 0 Å². The molecular weight excluding hydrogens is 368 g/mol. The number of rotatable bonds is 5. The fraction of sp³-hybridized carbons (Fsp3) is 0.391. The van der Waals surface area contributed by atoms with Gasteiger partial charge < -0.3 is 0 Å². The van der Waals surface area contributed by atoms with E-state index in [-0.39, 0.29) is 5.41 Å². The van der Waals surface area contributed by atoms with Crippen molar-refractivity contribution in [1.82, 2.24) is 9.97 Å². The smallest absolute Gasteiger partial charge is 0.124 e. The minimum atomic E-state index is 0.132. The molecule has 4 heteroatoms. The highest BCUT2D eigenvalue weighted by molar-refractivity contribution is 7.22. The van der Waals surface area contributed by atoms with E-state index in [0.29, 0.717) is 5.92 Å². The molecule has 2 aromatic carbocycles. The van der Waals surface area contributed by atoms with Crippen LogP contribution in [0.4, 0.5) is 0 Å². The Hall–Kier alpha value is -1.78. The zero-order valence-electron chi connectivity index (χ0n) is 16.7. The Balaban J connectivity index is 1.72. The first-order valence-corrected chi connectivity index (χ1v) is 11.4. The molecule has 0 fully saturated rings. The Kier molecular flexibility index (Phi) is 4.81. The van der Waals surface area contributed by atoms with Crippen LogP contribution in [0.15, 0.2) is 36.4 Å². The zero-order valence-corrected chi connectivity index (χ0v) is 18.3. The summed E-state index contributed by atoms with van der Waals surface area (Å²) in [5, 5.41) is 2.31. The lowest BCUT2D eigenvalue weighted by atomic mass is 9.91. The number of thiazole rings is 2. The maximum Gasteiger partial charge on any atom is 0.124 e. The van der Waals surface area contributed by atoms with Crippen LogP contribution in [-0.2, 0) is 5.41 Å². The molecule has 2 aromatic heterocycles. The van der Waals surface area contributed by atoms with E-state index < -0.39 is 0 Å². The number of fused-ring (bicyclic) bond motifs is 2. The van der Waals surface area contributed by atoms with Crippen molar-refractivity contribution in [2.45, 2.75) is 58.8 Å². The van der Waals surface area contributed by atoms with Crippen LogP contribution in [0.1, 0.15) is 63.9 Å². The minimum Gasteiger partial charge on any atom is -0.241 e. The molecule has 27 heavy (non-hydrogen) atoms. The first-order chi connectivity index (χ1) is 12.9. The highest BCUT2D eigenvalue weighted by Crippen LogP contribution is 2.38. The Labute approximate surface area is 169 Å². The molecule has 0 aliphatic heterocycles. The van der Waals surface area contributed by atoms with Crippen molar-refractivity contribution < 1.29 is 0 Å². The van der Waals surface area contributed by atoms with Crippen LogP contribution in [0.2, 0.25) is 0 Å². The third kappa shape index (κ3) is 3.41. The standard InChI is InChI=1S/C23H26N2S2/c1-6-14(3)15-8-10-16(11-9-15)21-24-17-12-18-20(13-19(17)26-21)27-22(25-18)23(4,5)7-2/h8-14H,6-7H2,1-5H3. The molecule has 1 atom stereocenters. The number of nitrogens with zero attached hydrogens (tertiary/aromatic N) is 2. The van der Waals surface area contributed by atoms with E-state index in [4.69, 9.17) is 9.97 Å². The van der Waals surface area contributed by atoms with E-state index in [1.807, 2.05) is 11.3 Å². The molecule has 0 radical (unpaired) electrons. The van der Waals surface area contributed by atoms with E-state index in [0.717, 1.165) is 22.5 Å². The monoisotopic (exact) mass is 394 g/mol. The Morgan fingerprint density at radius 2 is 1.59 bits per heavy atom. The van der Waals surface area contributed by atoms with E-state index >= 15 is 0 Å². The Morgan fingerprint density at radius 3 is 2.26 bits per heavy atom. The molecule has 1 unspecified atom stereocenters. The highest BCUT2D eigenvalue weighted by Gasteiger charge is 2.23. The summed E-state index contributed by atoms with van der Waals surface area (Å²) in [7, 11) is 0. The summed E-state index contributed by atoms with van der Waals surface area (Å²) in [6.45, 7) is 11.3. The molecule has 0 spiro atoms. The van der Waals surface area contributed by atoms with Gasteiger partial charge in [0.2, 0.25) is 0 Å². The van der Waals surface area contributed by atoms with Crippen LogP contribution in [0, 0.1) is 0 Å². The van der Waals surface area contributed by atoms with Gasteiger partial charge in [-0.05, 0) is 36.5 Å². The molecular formula is C23H26N2S2. The van der Waals surface area contributed by atoms with Gasteiger partial charge >= 0.3 is 0 Å². The molecule has 2 heterocycles. The lowest BCUT2D eigenvalue weighted by Gasteiger charge is -2.18. The Morgan fingerprint density at radius 1 is 0.926 bits per heavy atom. The van der Waals surface area contributed by atoms with Crippen molar-refractivity contribution in [3.63, 3.8) is 0 Å². The van der Waals surface area contributed by atoms with Gasteiger partial charge in [-0.3, -0.25) is 0 Å². The van der Waals surface area contributed by atoms with Gasteiger partial charge in [-0.15, -0.1) is 22.7 Å². The first kappa shape index (κ1) is 18.6. The summed E-state index contributed by atoms with van der Waals surface area (Å²) in [6.07, 6.45) is 2.26. The Bertz CT molecular complexity index is 1040. The van der Waals surface area contributed by atoms with Crippen molar-refractivity contribution in [1.29, 1.82) is 0 Å². The second-order valence-electron chi connectivity index (χ2n) is 7.99. The second-order valence-corrected chi connectivity index (χ2v) is 10.1. The molecule has 0 N–H and O–H groups in total. The van der Waals surface area contributed by atoms with Gasteiger partial charge in [0.05, 0.1) is 25.4 Å². The molecule has 4 rings (SSSR count). The van der Waals surface area contributed by atoms with Crippen molar-refractivity contribution in [3.05, 3.63) is 47.0 Å². The average molecular weight is 395 g/mol. The van der Waals surface area contributed by atoms with Crippen LogP contribution in [0.25, 0.3) is 31.0 Å². The van der Waals surface area contributed by atoms with E-state index in [2.05, 4.69) is 71.0 Å². The number of hydrogen-bond donors (Lipinski definition) is 0. The molecule has 0 saturated heterocycles. The minimum absolute atomic E-state index is 0.132. The van der Waals surface area contributed by atoms with E-state index in [9.17, 15) is 0 Å². The van der Waals surface area contributed by atoms with Crippen LogP contribution in [0.5, 0.6) is 0 Å². The quantitative estimate of drug-likeness (QED) is 0.345. The van der Waals surface area contributed by atoms with Gasteiger partial charge in [0.25, 0.3) is 0 Å². The van der Waals surface area contributed by atoms with Crippen molar-refractivity contribution in [2.24, 2.45) is 0 Å². The highest BCUT2D eigenvalue weighted by atomic mass is 32.1. The first-order valence-electron chi connectivity index (χ1n) is 9.73. The molecule has 0 amide bonds. The molecule has 4 aromatic rings. The molecule has 0 saturated carbocycles. The SMILES string of the molecule is CCC(C)c1ccc(-c2nc3cc4nc(C(C)(C)CC)sc4cc3s2)cc1. The average Bonchev–Trinajstić information content (AvgIpc) is 3.29. The van der Waals surface area contributed by atoms with E-state index in [1.165, 1.54) is 32.0 Å². The summed E-state index contributed by atoms with van der Waals surface area (Å²) in [6, 6.07) is 13.3.